The van der Waals surface area contributed by atoms with Crippen LogP contribution in [0.1, 0.15) is 5.56 Å². The van der Waals surface area contributed by atoms with Gasteiger partial charge in [0.1, 0.15) is 0 Å². The number of nitrogens with one attached hydrogen (secondary N) is 1. The Morgan fingerprint density at radius 1 is 1.29 bits per heavy atom. The Kier molecular flexibility index (Phi) is 3.46. The molecule has 2 aliphatic rings. The normalized spacial score (nSPS) is 26.0. The van der Waals surface area contributed by atoms with E-state index in [4.69, 9.17) is 0 Å². The van der Waals surface area contributed by atoms with Crippen LogP contribution in [0.15, 0.2) is 23.1 Å². The van der Waals surface area contributed by atoms with Crippen molar-refractivity contribution in [3.63, 3.8) is 0 Å². The Morgan fingerprint density at radius 3 is 2.48 bits per heavy atom. The monoisotopic (exact) mass is 311 g/mol. The number of fused-ring (bicyclic) bond motifs is 1. The van der Waals surface area contributed by atoms with E-state index in [1.807, 2.05) is 0 Å². The molecule has 2 aliphatic heterocycles. The maximum Gasteiger partial charge on any atom is 0.289 e. The van der Waals surface area contributed by atoms with Crippen LogP contribution >= 0.6 is 0 Å². The van der Waals surface area contributed by atoms with Gasteiger partial charge in [0.15, 0.2) is 4.90 Å². The summed E-state index contributed by atoms with van der Waals surface area (Å²) in [5, 5.41) is 14.4. The molecular weight excluding hydrogens is 294 g/mol. The van der Waals surface area contributed by atoms with E-state index in [1.165, 1.54) is 16.4 Å². The average molecular weight is 311 g/mol. The quantitative estimate of drug-likeness (QED) is 0.656. The molecule has 1 N–H and O–H groups in total. The standard InChI is InChI=1S/C13H17N3O4S/c1-9-3-2-4-12(16(17)18)13(9)21(19,20)15-7-10-5-14-6-11(10)8-15/h2-4,10-11,14H,5-8H2,1H3. The van der Waals surface area contributed by atoms with E-state index in [9.17, 15) is 18.5 Å². The smallest absolute Gasteiger partial charge is 0.289 e. The number of hydrogen-bond donors (Lipinski definition) is 1. The number of nitro groups is 1. The van der Waals surface area contributed by atoms with Gasteiger partial charge < -0.3 is 5.32 Å². The molecular formula is C13H17N3O4S. The van der Waals surface area contributed by atoms with Gasteiger partial charge in [-0.15, -0.1) is 0 Å². The third-order valence-corrected chi connectivity index (χ3v) is 6.37. The molecule has 2 saturated heterocycles. The summed E-state index contributed by atoms with van der Waals surface area (Å²) in [6, 6.07) is 4.35. The fourth-order valence-electron chi connectivity index (χ4n) is 3.25. The van der Waals surface area contributed by atoms with Gasteiger partial charge in [-0.1, -0.05) is 12.1 Å². The molecule has 0 amide bonds. The van der Waals surface area contributed by atoms with Crippen molar-refractivity contribution >= 4 is 15.7 Å². The van der Waals surface area contributed by atoms with Crippen LogP contribution in [0.25, 0.3) is 0 Å². The highest BCUT2D eigenvalue weighted by molar-refractivity contribution is 7.89. The molecule has 0 saturated carbocycles. The van der Waals surface area contributed by atoms with Gasteiger partial charge in [-0.25, -0.2) is 8.42 Å². The lowest BCUT2D eigenvalue weighted by Gasteiger charge is -2.18. The minimum absolute atomic E-state index is 0.164. The van der Waals surface area contributed by atoms with Crippen LogP contribution in [-0.4, -0.2) is 43.8 Å². The number of benzene rings is 1. The van der Waals surface area contributed by atoms with Gasteiger partial charge in [-0.3, -0.25) is 10.1 Å². The van der Waals surface area contributed by atoms with Crippen LogP contribution in [0.4, 0.5) is 5.69 Å². The Hall–Kier alpha value is -1.51. The summed E-state index contributed by atoms with van der Waals surface area (Å²) in [6.07, 6.45) is 0. The first-order valence-electron chi connectivity index (χ1n) is 6.86. The Morgan fingerprint density at radius 2 is 1.90 bits per heavy atom. The molecule has 0 aromatic heterocycles. The summed E-state index contributed by atoms with van der Waals surface area (Å²) < 4.78 is 27.0. The molecule has 0 spiro atoms. The number of aryl methyl sites for hydroxylation is 1. The van der Waals surface area contributed by atoms with Crippen molar-refractivity contribution in [1.82, 2.24) is 9.62 Å². The number of nitro benzene ring substituents is 1. The van der Waals surface area contributed by atoms with Gasteiger partial charge in [-0.05, 0) is 37.4 Å². The molecule has 2 unspecified atom stereocenters. The van der Waals surface area contributed by atoms with Crippen LogP contribution in [0, 0.1) is 28.9 Å². The fourth-order valence-corrected chi connectivity index (χ4v) is 5.17. The molecule has 2 fully saturated rings. The first kappa shape index (κ1) is 14.4. The molecule has 2 atom stereocenters. The zero-order chi connectivity index (χ0) is 15.2. The molecule has 2 heterocycles. The van der Waals surface area contributed by atoms with Crippen molar-refractivity contribution in [2.24, 2.45) is 11.8 Å². The number of sulfonamides is 1. The largest absolute Gasteiger partial charge is 0.316 e. The SMILES string of the molecule is Cc1cccc([N+](=O)[O-])c1S(=O)(=O)N1CC2CNCC2C1. The van der Waals surface area contributed by atoms with Crippen molar-refractivity contribution < 1.29 is 13.3 Å². The lowest BCUT2D eigenvalue weighted by Crippen LogP contribution is -2.32. The van der Waals surface area contributed by atoms with E-state index in [2.05, 4.69) is 5.32 Å². The fraction of sp³-hybridized carbons (Fsp3) is 0.538. The van der Waals surface area contributed by atoms with Crippen LogP contribution in [0.3, 0.4) is 0 Å². The van der Waals surface area contributed by atoms with E-state index in [0.29, 0.717) is 30.5 Å². The second-order valence-electron chi connectivity index (χ2n) is 5.68. The lowest BCUT2D eigenvalue weighted by molar-refractivity contribution is -0.387. The summed E-state index contributed by atoms with van der Waals surface area (Å²) in [5.74, 6) is 0.616. The maximum absolute atomic E-state index is 12.8. The third-order valence-electron chi connectivity index (χ3n) is 4.34. The highest BCUT2D eigenvalue weighted by Crippen LogP contribution is 2.35. The maximum atomic E-state index is 12.8. The number of rotatable bonds is 3. The minimum Gasteiger partial charge on any atom is -0.316 e. The predicted octanol–water partition coefficient (Wildman–Crippen LogP) is 0.743. The van der Waals surface area contributed by atoms with Crippen molar-refractivity contribution in [3.05, 3.63) is 33.9 Å². The summed E-state index contributed by atoms with van der Waals surface area (Å²) in [6.45, 7) is 4.09. The molecule has 1 aromatic carbocycles. The van der Waals surface area contributed by atoms with E-state index < -0.39 is 14.9 Å². The van der Waals surface area contributed by atoms with Gasteiger partial charge in [0.2, 0.25) is 10.0 Å². The average Bonchev–Trinajstić information content (AvgIpc) is 2.98. The van der Waals surface area contributed by atoms with E-state index >= 15 is 0 Å². The van der Waals surface area contributed by atoms with E-state index in [-0.39, 0.29) is 10.6 Å². The van der Waals surface area contributed by atoms with Gasteiger partial charge in [0.25, 0.3) is 5.69 Å². The summed E-state index contributed by atoms with van der Waals surface area (Å²) >= 11 is 0. The highest BCUT2D eigenvalue weighted by atomic mass is 32.2. The van der Waals surface area contributed by atoms with Gasteiger partial charge in [0, 0.05) is 19.2 Å². The minimum atomic E-state index is -3.82. The molecule has 3 rings (SSSR count). The van der Waals surface area contributed by atoms with Crippen molar-refractivity contribution in [3.8, 4) is 0 Å². The van der Waals surface area contributed by atoms with Crippen LogP contribution in [0.2, 0.25) is 0 Å². The molecule has 21 heavy (non-hydrogen) atoms. The first-order chi connectivity index (χ1) is 9.91. The van der Waals surface area contributed by atoms with Crippen LogP contribution in [-0.2, 0) is 10.0 Å². The number of nitrogens with zero attached hydrogens (tertiary/aromatic N) is 2. The zero-order valence-electron chi connectivity index (χ0n) is 11.7. The second kappa shape index (κ2) is 5.04. The summed E-state index contributed by atoms with van der Waals surface area (Å²) in [5.41, 5.74) is 0.0737. The Bertz CT molecular complexity index is 677. The van der Waals surface area contributed by atoms with Crippen molar-refractivity contribution in [2.45, 2.75) is 11.8 Å². The van der Waals surface area contributed by atoms with Gasteiger partial charge >= 0.3 is 0 Å². The molecule has 0 aliphatic carbocycles. The predicted molar refractivity (Wildman–Crippen MR) is 76.4 cm³/mol. The summed E-state index contributed by atoms with van der Waals surface area (Å²) in [4.78, 5) is 10.4. The van der Waals surface area contributed by atoms with E-state index in [0.717, 1.165) is 13.1 Å². The first-order valence-corrected chi connectivity index (χ1v) is 8.30. The summed E-state index contributed by atoms with van der Waals surface area (Å²) in [7, 11) is -3.82. The van der Waals surface area contributed by atoms with Crippen LogP contribution < -0.4 is 5.32 Å². The van der Waals surface area contributed by atoms with E-state index in [1.54, 1.807) is 13.0 Å². The van der Waals surface area contributed by atoms with Gasteiger partial charge in [-0.2, -0.15) is 4.31 Å². The van der Waals surface area contributed by atoms with Crippen molar-refractivity contribution in [1.29, 1.82) is 0 Å². The molecule has 0 radical (unpaired) electrons. The molecule has 1 aromatic rings. The Labute approximate surface area is 123 Å². The highest BCUT2D eigenvalue weighted by Gasteiger charge is 2.43. The Balaban J connectivity index is 2.02. The molecule has 0 bridgehead atoms. The topological polar surface area (TPSA) is 92.5 Å². The molecule has 7 nitrogen and oxygen atoms in total. The van der Waals surface area contributed by atoms with Crippen LogP contribution in [0.5, 0.6) is 0 Å². The van der Waals surface area contributed by atoms with Crippen molar-refractivity contribution in [2.75, 3.05) is 26.2 Å². The molecule has 114 valence electrons. The number of hydrogen-bond acceptors (Lipinski definition) is 5. The molecule has 8 heteroatoms. The zero-order valence-corrected chi connectivity index (χ0v) is 12.5. The lowest BCUT2D eigenvalue weighted by atomic mass is 10.0. The third kappa shape index (κ3) is 2.33. The second-order valence-corrected chi connectivity index (χ2v) is 7.56. The van der Waals surface area contributed by atoms with Gasteiger partial charge in [0.05, 0.1) is 4.92 Å².